The van der Waals surface area contributed by atoms with Crippen LogP contribution in [0.2, 0.25) is 0 Å². The van der Waals surface area contributed by atoms with E-state index in [0.717, 1.165) is 17.3 Å². The molecule has 0 amide bonds. The first-order chi connectivity index (χ1) is 6.68. The van der Waals surface area contributed by atoms with Gasteiger partial charge in [-0.1, -0.05) is 0 Å². The van der Waals surface area contributed by atoms with E-state index in [1.165, 1.54) is 0 Å². The minimum absolute atomic E-state index is 0.664. The number of nitrogens with two attached hydrogens (primary N) is 1. The summed E-state index contributed by atoms with van der Waals surface area (Å²) in [5.74, 6) is 1.63. The van der Waals surface area contributed by atoms with Crippen molar-refractivity contribution < 1.29 is 0 Å². The summed E-state index contributed by atoms with van der Waals surface area (Å²) >= 11 is 0. The quantitative estimate of drug-likeness (QED) is 0.737. The van der Waals surface area contributed by atoms with E-state index in [1.54, 1.807) is 6.20 Å². The Kier molecular flexibility index (Phi) is 1.96. The van der Waals surface area contributed by atoms with E-state index in [2.05, 4.69) is 9.97 Å². The van der Waals surface area contributed by atoms with E-state index in [1.807, 2.05) is 36.7 Å². The van der Waals surface area contributed by atoms with Gasteiger partial charge in [-0.15, -0.1) is 0 Å². The van der Waals surface area contributed by atoms with Gasteiger partial charge in [0.2, 0.25) is 0 Å². The SMILES string of the molecule is Cc1ccc(N)c(-n2ccnc2C)n1. The summed E-state index contributed by atoms with van der Waals surface area (Å²) in [4.78, 5) is 8.51. The molecule has 72 valence electrons. The highest BCUT2D eigenvalue weighted by atomic mass is 15.1. The number of aryl methyl sites for hydroxylation is 2. The third kappa shape index (κ3) is 1.35. The number of hydrogen-bond donors (Lipinski definition) is 1. The lowest BCUT2D eigenvalue weighted by Crippen LogP contribution is -2.04. The van der Waals surface area contributed by atoms with Crippen LogP contribution in [0.25, 0.3) is 5.82 Å². The van der Waals surface area contributed by atoms with Crippen molar-refractivity contribution in [3.05, 3.63) is 36.0 Å². The van der Waals surface area contributed by atoms with Crippen LogP contribution in [0.15, 0.2) is 24.5 Å². The number of rotatable bonds is 1. The molecule has 0 spiro atoms. The standard InChI is InChI=1S/C10H12N4/c1-7-3-4-9(11)10(13-7)14-6-5-12-8(14)2/h3-6H,11H2,1-2H3. The molecule has 2 heterocycles. The van der Waals surface area contributed by atoms with E-state index in [4.69, 9.17) is 5.73 Å². The van der Waals surface area contributed by atoms with Crippen LogP contribution in [0.1, 0.15) is 11.5 Å². The van der Waals surface area contributed by atoms with Crippen molar-refractivity contribution >= 4 is 5.69 Å². The lowest BCUT2D eigenvalue weighted by molar-refractivity contribution is 0.926. The normalized spacial score (nSPS) is 10.4. The van der Waals surface area contributed by atoms with Crippen molar-refractivity contribution in [1.29, 1.82) is 0 Å². The van der Waals surface area contributed by atoms with Crippen molar-refractivity contribution in [1.82, 2.24) is 14.5 Å². The number of nitrogens with zero attached hydrogens (tertiary/aromatic N) is 3. The van der Waals surface area contributed by atoms with Gasteiger partial charge in [-0.25, -0.2) is 9.97 Å². The Labute approximate surface area is 82.4 Å². The van der Waals surface area contributed by atoms with Crippen LogP contribution in [0, 0.1) is 13.8 Å². The highest BCUT2D eigenvalue weighted by Gasteiger charge is 2.05. The maximum atomic E-state index is 5.84. The van der Waals surface area contributed by atoms with Gasteiger partial charge in [0.25, 0.3) is 0 Å². The maximum Gasteiger partial charge on any atom is 0.161 e. The summed E-state index contributed by atoms with van der Waals surface area (Å²) in [5, 5.41) is 0. The van der Waals surface area contributed by atoms with Crippen LogP contribution < -0.4 is 5.73 Å². The number of imidazole rings is 1. The first kappa shape index (κ1) is 8.74. The molecule has 0 atom stereocenters. The molecule has 2 aromatic heterocycles. The second-order valence-electron chi connectivity index (χ2n) is 3.21. The van der Waals surface area contributed by atoms with Gasteiger partial charge in [-0.3, -0.25) is 4.57 Å². The zero-order valence-electron chi connectivity index (χ0n) is 8.23. The smallest absolute Gasteiger partial charge is 0.161 e. The minimum Gasteiger partial charge on any atom is -0.396 e. The molecule has 14 heavy (non-hydrogen) atoms. The molecule has 4 heteroatoms. The Hall–Kier alpha value is -1.84. The van der Waals surface area contributed by atoms with Crippen molar-refractivity contribution in [2.45, 2.75) is 13.8 Å². The Morgan fingerprint density at radius 1 is 1.29 bits per heavy atom. The summed E-state index contributed by atoms with van der Waals surface area (Å²) < 4.78 is 1.88. The molecule has 4 nitrogen and oxygen atoms in total. The lowest BCUT2D eigenvalue weighted by atomic mass is 10.3. The molecule has 0 bridgehead atoms. The van der Waals surface area contributed by atoms with E-state index in [-0.39, 0.29) is 0 Å². The first-order valence-electron chi connectivity index (χ1n) is 4.42. The van der Waals surface area contributed by atoms with E-state index in [0.29, 0.717) is 5.69 Å². The molecule has 2 N–H and O–H groups in total. The number of hydrogen-bond acceptors (Lipinski definition) is 3. The number of pyridine rings is 1. The average molecular weight is 188 g/mol. The van der Waals surface area contributed by atoms with Gasteiger partial charge < -0.3 is 5.73 Å². The molecule has 0 aliphatic rings. The predicted octanol–water partition coefficient (Wildman–Crippen LogP) is 1.47. The third-order valence-corrected chi connectivity index (χ3v) is 2.10. The zero-order chi connectivity index (χ0) is 10.1. The van der Waals surface area contributed by atoms with Crippen molar-refractivity contribution in [3.8, 4) is 5.82 Å². The van der Waals surface area contributed by atoms with Crippen LogP contribution in [0.4, 0.5) is 5.69 Å². The van der Waals surface area contributed by atoms with Gasteiger partial charge in [-0.2, -0.15) is 0 Å². The highest BCUT2D eigenvalue weighted by Crippen LogP contribution is 2.15. The molecular formula is C10H12N4. The van der Waals surface area contributed by atoms with Gasteiger partial charge in [0.1, 0.15) is 5.82 Å². The summed E-state index contributed by atoms with van der Waals surface area (Å²) in [6.07, 6.45) is 3.59. The van der Waals surface area contributed by atoms with Crippen molar-refractivity contribution in [2.24, 2.45) is 0 Å². The lowest BCUT2D eigenvalue weighted by Gasteiger charge is -2.07. The molecule has 0 saturated carbocycles. The number of nitrogen functional groups attached to an aromatic ring is 1. The van der Waals surface area contributed by atoms with Gasteiger partial charge in [0, 0.05) is 18.1 Å². The van der Waals surface area contributed by atoms with Gasteiger partial charge in [-0.05, 0) is 26.0 Å². The minimum atomic E-state index is 0.664. The largest absolute Gasteiger partial charge is 0.396 e. The molecule has 2 aromatic rings. The highest BCUT2D eigenvalue weighted by molar-refractivity contribution is 5.53. The van der Waals surface area contributed by atoms with Crippen LogP contribution in [0.3, 0.4) is 0 Å². The van der Waals surface area contributed by atoms with Crippen LogP contribution in [-0.4, -0.2) is 14.5 Å². The first-order valence-corrected chi connectivity index (χ1v) is 4.42. The van der Waals surface area contributed by atoms with E-state index < -0.39 is 0 Å². The average Bonchev–Trinajstić information content (AvgIpc) is 2.56. The molecule has 2 rings (SSSR count). The molecular weight excluding hydrogens is 176 g/mol. The molecule has 0 unspecified atom stereocenters. The number of aromatic nitrogens is 3. The topological polar surface area (TPSA) is 56.7 Å². The fourth-order valence-electron chi connectivity index (χ4n) is 1.35. The van der Waals surface area contributed by atoms with Crippen molar-refractivity contribution in [2.75, 3.05) is 5.73 Å². The second-order valence-corrected chi connectivity index (χ2v) is 3.21. The van der Waals surface area contributed by atoms with Gasteiger partial charge in [0.15, 0.2) is 5.82 Å². The van der Waals surface area contributed by atoms with E-state index in [9.17, 15) is 0 Å². The molecule has 0 radical (unpaired) electrons. The van der Waals surface area contributed by atoms with Crippen molar-refractivity contribution in [3.63, 3.8) is 0 Å². The second kappa shape index (κ2) is 3.14. The van der Waals surface area contributed by atoms with Crippen LogP contribution >= 0.6 is 0 Å². The summed E-state index contributed by atoms with van der Waals surface area (Å²) in [6.45, 7) is 3.86. The van der Waals surface area contributed by atoms with Gasteiger partial charge >= 0.3 is 0 Å². The molecule has 0 fully saturated rings. The molecule has 0 aliphatic carbocycles. The molecule has 0 aliphatic heterocycles. The fraction of sp³-hybridized carbons (Fsp3) is 0.200. The number of anilines is 1. The Morgan fingerprint density at radius 2 is 2.07 bits per heavy atom. The zero-order valence-corrected chi connectivity index (χ0v) is 8.23. The van der Waals surface area contributed by atoms with Gasteiger partial charge in [0.05, 0.1) is 5.69 Å². The maximum absolute atomic E-state index is 5.84. The molecule has 0 aromatic carbocycles. The van der Waals surface area contributed by atoms with Crippen LogP contribution in [-0.2, 0) is 0 Å². The third-order valence-electron chi connectivity index (χ3n) is 2.10. The van der Waals surface area contributed by atoms with Crippen LogP contribution in [0.5, 0.6) is 0 Å². The Bertz CT molecular complexity index is 459. The Morgan fingerprint density at radius 3 is 2.71 bits per heavy atom. The fourth-order valence-corrected chi connectivity index (χ4v) is 1.35. The Balaban J connectivity index is 2.62. The summed E-state index contributed by atoms with van der Waals surface area (Å²) in [6, 6.07) is 3.75. The monoisotopic (exact) mass is 188 g/mol. The molecule has 0 saturated heterocycles. The predicted molar refractivity (Wildman–Crippen MR) is 55.2 cm³/mol. The summed E-state index contributed by atoms with van der Waals surface area (Å²) in [7, 11) is 0. The van der Waals surface area contributed by atoms with E-state index >= 15 is 0 Å². The summed E-state index contributed by atoms with van der Waals surface area (Å²) in [5.41, 5.74) is 7.45.